The first-order valence-electron chi connectivity index (χ1n) is 8.94. The van der Waals surface area contributed by atoms with Crippen molar-refractivity contribution in [2.75, 3.05) is 26.0 Å². The third-order valence-corrected chi connectivity index (χ3v) is 3.95. The van der Waals surface area contributed by atoms with E-state index in [0.29, 0.717) is 35.1 Å². The number of carbonyl (C=O) groups is 2. The molecule has 2 aromatic carbocycles. The molecular weight excluding hydrogens is 374 g/mol. The molecule has 6 nitrogen and oxygen atoms in total. The van der Waals surface area contributed by atoms with E-state index in [1.165, 1.54) is 4.90 Å². The van der Waals surface area contributed by atoms with E-state index in [1.807, 2.05) is 19.9 Å². The Bertz CT molecular complexity index is 865. The van der Waals surface area contributed by atoms with Crippen LogP contribution in [-0.2, 0) is 0 Å². The predicted octanol–water partition coefficient (Wildman–Crippen LogP) is 3.55. The summed E-state index contributed by atoms with van der Waals surface area (Å²) in [6.07, 6.45) is 0. The molecule has 0 aliphatic rings. The maximum Gasteiger partial charge on any atom is 0.261 e. The minimum atomic E-state index is -0.381. The zero-order valence-electron chi connectivity index (χ0n) is 16.5. The van der Waals surface area contributed by atoms with Crippen LogP contribution in [-0.4, -0.2) is 42.5 Å². The molecule has 0 radical (unpaired) electrons. The van der Waals surface area contributed by atoms with Gasteiger partial charge in [-0.3, -0.25) is 14.9 Å². The lowest BCUT2D eigenvalue weighted by atomic mass is 10.1. The van der Waals surface area contributed by atoms with Gasteiger partial charge in [-0.1, -0.05) is 38.1 Å². The third kappa shape index (κ3) is 5.79. The van der Waals surface area contributed by atoms with Gasteiger partial charge in [-0.05, 0) is 42.4 Å². The molecule has 0 bridgehead atoms. The number of para-hydroxylation sites is 2. The molecule has 0 saturated heterocycles. The Kier molecular flexibility index (Phi) is 7.52. The van der Waals surface area contributed by atoms with Crippen molar-refractivity contribution < 1.29 is 14.3 Å². The number of anilines is 1. The van der Waals surface area contributed by atoms with E-state index >= 15 is 0 Å². The first-order valence-corrected chi connectivity index (χ1v) is 9.35. The van der Waals surface area contributed by atoms with Crippen LogP contribution in [0.4, 0.5) is 5.69 Å². The van der Waals surface area contributed by atoms with Crippen molar-refractivity contribution >= 4 is 34.8 Å². The maximum atomic E-state index is 12.6. The molecule has 28 heavy (non-hydrogen) atoms. The van der Waals surface area contributed by atoms with Gasteiger partial charge in [0.25, 0.3) is 11.8 Å². The van der Waals surface area contributed by atoms with Crippen molar-refractivity contribution in [3.05, 3.63) is 59.7 Å². The molecule has 2 rings (SSSR count). The summed E-state index contributed by atoms with van der Waals surface area (Å²) in [6, 6.07) is 14.0. The number of rotatable bonds is 6. The van der Waals surface area contributed by atoms with E-state index in [-0.39, 0.29) is 16.9 Å². The topological polar surface area (TPSA) is 70.7 Å². The van der Waals surface area contributed by atoms with Crippen molar-refractivity contribution in [1.82, 2.24) is 10.2 Å². The van der Waals surface area contributed by atoms with Crippen molar-refractivity contribution in [2.45, 2.75) is 13.8 Å². The van der Waals surface area contributed by atoms with Gasteiger partial charge in [-0.15, -0.1) is 0 Å². The highest BCUT2D eigenvalue weighted by Crippen LogP contribution is 2.19. The Morgan fingerprint density at radius 1 is 1.04 bits per heavy atom. The monoisotopic (exact) mass is 399 g/mol. The van der Waals surface area contributed by atoms with E-state index < -0.39 is 0 Å². The van der Waals surface area contributed by atoms with Crippen molar-refractivity contribution in [2.24, 2.45) is 5.92 Å². The molecule has 148 valence electrons. The standard InChI is InChI=1S/C21H25N3O3S/c1-14(2)13-27-18-12-8-6-10-16(18)19(25)23-21(28)22-17-11-7-5-9-15(17)20(26)24(3)4/h5-12,14H,13H2,1-4H3,(H2,22,23,25,28). The van der Waals surface area contributed by atoms with Crippen LogP contribution >= 0.6 is 12.2 Å². The quantitative estimate of drug-likeness (QED) is 0.727. The summed E-state index contributed by atoms with van der Waals surface area (Å²) in [4.78, 5) is 26.4. The Hall–Kier alpha value is -2.93. The molecule has 0 unspecified atom stereocenters. The summed E-state index contributed by atoms with van der Waals surface area (Å²) in [5.74, 6) is 0.294. The van der Waals surface area contributed by atoms with E-state index in [4.69, 9.17) is 17.0 Å². The lowest BCUT2D eigenvalue weighted by Gasteiger charge is -2.17. The second kappa shape index (κ2) is 9.85. The Morgan fingerprint density at radius 2 is 1.64 bits per heavy atom. The smallest absolute Gasteiger partial charge is 0.261 e. The molecule has 0 fully saturated rings. The average Bonchev–Trinajstić information content (AvgIpc) is 2.66. The van der Waals surface area contributed by atoms with Crippen molar-refractivity contribution in [1.29, 1.82) is 0 Å². The molecule has 0 saturated carbocycles. The third-order valence-electron chi connectivity index (χ3n) is 3.74. The van der Waals surface area contributed by atoms with Gasteiger partial charge in [-0.2, -0.15) is 0 Å². The van der Waals surface area contributed by atoms with Crippen LogP contribution in [0.15, 0.2) is 48.5 Å². The fourth-order valence-electron chi connectivity index (χ4n) is 2.38. The van der Waals surface area contributed by atoms with Gasteiger partial charge in [0.1, 0.15) is 5.75 Å². The average molecular weight is 400 g/mol. The van der Waals surface area contributed by atoms with Crippen LogP contribution in [0.3, 0.4) is 0 Å². The number of hydrogen-bond donors (Lipinski definition) is 2. The Labute approximate surface area is 170 Å². The van der Waals surface area contributed by atoms with E-state index in [1.54, 1.807) is 56.6 Å². The first-order chi connectivity index (χ1) is 13.3. The zero-order chi connectivity index (χ0) is 20.7. The van der Waals surface area contributed by atoms with Crippen LogP contribution in [0, 0.1) is 5.92 Å². The number of nitrogens with one attached hydrogen (secondary N) is 2. The summed E-state index contributed by atoms with van der Waals surface area (Å²) in [5.41, 5.74) is 1.38. The lowest BCUT2D eigenvalue weighted by Crippen LogP contribution is -2.35. The molecule has 2 N–H and O–H groups in total. The van der Waals surface area contributed by atoms with Gasteiger partial charge < -0.3 is 15.0 Å². The van der Waals surface area contributed by atoms with Gasteiger partial charge in [-0.25, -0.2) is 0 Å². The van der Waals surface area contributed by atoms with E-state index in [0.717, 1.165) is 0 Å². The van der Waals surface area contributed by atoms with Crippen molar-refractivity contribution in [3.8, 4) is 5.75 Å². The molecule has 0 aromatic heterocycles. The highest BCUT2D eigenvalue weighted by atomic mass is 32.1. The molecule has 2 aromatic rings. The molecule has 2 amide bonds. The Balaban J connectivity index is 2.11. The maximum absolute atomic E-state index is 12.6. The van der Waals surface area contributed by atoms with Crippen LogP contribution in [0.2, 0.25) is 0 Å². The van der Waals surface area contributed by atoms with Gasteiger partial charge in [0, 0.05) is 14.1 Å². The summed E-state index contributed by atoms with van der Waals surface area (Å²) in [7, 11) is 3.35. The molecule has 0 aliphatic carbocycles. The molecule has 0 spiro atoms. The van der Waals surface area contributed by atoms with Crippen LogP contribution in [0.5, 0.6) is 5.75 Å². The number of benzene rings is 2. The number of hydrogen-bond acceptors (Lipinski definition) is 4. The van der Waals surface area contributed by atoms with Gasteiger partial charge in [0.05, 0.1) is 23.4 Å². The number of nitrogens with zero attached hydrogens (tertiary/aromatic N) is 1. The normalized spacial score (nSPS) is 10.3. The van der Waals surface area contributed by atoms with Crippen molar-refractivity contribution in [3.63, 3.8) is 0 Å². The highest BCUT2D eigenvalue weighted by Gasteiger charge is 2.16. The number of thiocarbonyl (C=S) groups is 1. The fraction of sp³-hybridized carbons (Fsp3) is 0.286. The second-order valence-corrected chi connectivity index (χ2v) is 7.26. The molecule has 0 heterocycles. The van der Waals surface area contributed by atoms with Crippen LogP contribution < -0.4 is 15.4 Å². The summed E-state index contributed by atoms with van der Waals surface area (Å²) in [6.45, 7) is 4.58. The largest absolute Gasteiger partial charge is 0.492 e. The number of ether oxygens (including phenoxy) is 1. The molecular formula is C21H25N3O3S. The molecule has 7 heteroatoms. The highest BCUT2D eigenvalue weighted by molar-refractivity contribution is 7.80. The minimum absolute atomic E-state index is 0.0997. The lowest BCUT2D eigenvalue weighted by molar-refractivity contribution is 0.0828. The summed E-state index contributed by atoms with van der Waals surface area (Å²) in [5, 5.41) is 5.67. The number of amides is 2. The SMILES string of the molecule is CC(C)COc1ccccc1C(=O)NC(=S)Nc1ccccc1C(=O)N(C)C. The molecule has 0 atom stereocenters. The van der Waals surface area contributed by atoms with E-state index in [9.17, 15) is 9.59 Å². The fourth-order valence-corrected chi connectivity index (χ4v) is 2.58. The summed E-state index contributed by atoms with van der Waals surface area (Å²) < 4.78 is 5.72. The zero-order valence-corrected chi connectivity index (χ0v) is 17.3. The van der Waals surface area contributed by atoms with Crippen LogP contribution in [0.1, 0.15) is 34.6 Å². The first kappa shape index (κ1) is 21.4. The van der Waals surface area contributed by atoms with Gasteiger partial charge in [0.15, 0.2) is 5.11 Å². The van der Waals surface area contributed by atoms with Crippen LogP contribution in [0.25, 0.3) is 0 Å². The van der Waals surface area contributed by atoms with Gasteiger partial charge >= 0.3 is 0 Å². The minimum Gasteiger partial charge on any atom is -0.492 e. The van der Waals surface area contributed by atoms with E-state index in [2.05, 4.69) is 10.6 Å². The Morgan fingerprint density at radius 3 is 2.29 bits per heavy atom. The molecule has 0 aliphatic heterocycles. The second-order valence-electron chi connectivity index (χ2n) is 6.85. The predicted molar refractivity (Wildman–Crippen MR) is 115 cm³/mol. The number of carbonyl (C=O) groups excluding carboxylic acids is 2. The van der Waals surface area contributed by atoms with Gasteiger partial charge in [0.2, 0.25) is 0 Å². The summed E-state index contributed by atoms with van der Waals surface area (Å²) >= 11 is 5.26.